The van der Waals surface area contributed by atoms with Crippen molar-refractivity contribution < 1.29 is 0 Å². The second-order valence-corrected chi connectivity index (χ2v) is 3.53. The molecule has 1 saturated heterocycles. The molecule has 1 unspecified atom stereocenters. The minimum atomic E-state index is 0.275. The summed E-state index contributed by atoms with van der Waals surface area (Å²) >= 11 is 0. The second-order valence-electron chi connectivity index (χ2n) is 3.53. The highest BCUT2D eigenvalue weighted by atomic mass is 15.5. The van der Waals surface area contributed by atoms with Crippen molar-refractivity contribution in [3.63, 3.8) is 0 Å². The average Bonchev–Trinajstić information content (AvgIpc) is 2.61. The molecule has 1 fully saturated rings. The van der Waals surface area contributed by atoms with E-state index >= 15 is 0 Å². The summed E-state index contributed by atoms with van der Waals surface area (Å²) in [6.45, 7) is 3.12. The van der Waals surface area contributed by atoms with Gasteiger partial charge < -0.3 is 4.90 Å². The molecule has 0 spiro atoms. The van der Waals surface area contributed by atoms with Gasteiger partial charge in [0, 0.05) is 19.6 Å². The smallest absolute Gasteiger partial charge is 0.192 e. The molecule has 2 rings (SSSR count). The number of nitrogens with zero attached hydrogens (tertiary/aromatic N) is 5. The quantitative estimate of drug-likeness (QED) is 0.611. The van der Waals surface area contributed by atoms with Crippen molar-refractivity contribution in [3.8, 4) is 0 Å². The highest BCUT2D eigenvalue weighted by molar-refractivity contribution is 4.93. The predicted octanol–water partition coefficient (Wildman–Crippen LogP) is -0.882. The zero-order valence-electron chi connectivity index (χ0n) is 7.93. The molecule has 6 heteroatoms. The highest BCUT2D eigenvalue weighted by Gasteiger charge is 2.26. The Bertz CT molecular complexity index is 258. The first-order valence-electron chi connectivity index (χ1n) is 4.39. The lowest BCUT2D eigenvalue weighted by atomic mass is 10.2. The van der Waals surface area contributed by atoms with Gasteiger partial charge in [-0.25, -0.2) is 0 Å². The van der Waals surface area contributed by atoms with Crippen LogP contribution in [0.25, 0.3) is 0 Å². The summed E-state index contributed by atoms with van der Waals surface area (Å²) in [6, 6.07) is 0.275. The Labute approximate surface area is 76.9 Å². The number of hydrogen-bond acceptors (Lipinski definition) is 5. The Morgan fingerprint density at radius 1 is 1.38 bits per heavy atom. The van der Waals surface area contributed by atoms with E-state index in [0.717, 1.165) is 25.5 Å². The van der Waals surface area contributed by atoms with Gasteiger partial charge in [0.15, 0.2) is 5.82 Å². The standard InChI is InChI=1S/C7H14N6/c1-12-3-4-13(2)6(5-12)7-8-10-11-9-7/h6H,3-5H2,1-2H3,(H,8,9,10,11). The summed E-state index contributed by atoms with van der Waals surface area (Å²) in [5.74, 6) is 0.786. The van der Waals surface area contributed by atoms with Crippen molar-refractivity contribution in [1.82, 2.24) is 30.4 Å². The summed E-state index contributed by atoms with van der Waals surface area (Å²) in [5.41, 5.74) is 0. The van der Waals surface area contributed by atoms with Crippen LogP contribution in [-0.2, 0) is 0 Å². The van der Waals surface area contributed by atoms with Crippen LogP contribution in [-0.4, -0.2) is 64.2 Å². The van der Waals surface area contributed by atoms with Crippen LogP contribution in [0.1, 0.15) is 11.9 Å². The van der Waals surface area contributed by atoms with Crippen molar-refractivity contribution >= 4 is 0 Å². The van der Waals surface area contributed by atoms with Gasteiger partial charge in [0.1, 0.15) is 0 Å². The summed E-state index contributed by atoms with van der Waals surface area (Å²) < 4.78 is 0. The predicted molar refractivity (Wildman–Crippen MR) is 47.0 cm³/mol. The zero-order chi connectivity index (χ0) is 9.26. The molecular formula is C7H14N6. The number of aromatic amines is 1. The van der Waals surface area contributed by atoms with E-state index < -0.39 is 0 Å². The van der Waals surface area contributed by atoms with Gasteiger partial charge in [-0.05, 0) is 14.1 Å². The van der Waals surface area contributed by atoms with Gasteiger partial charge in [0.05, 0.1) is 6.04 Å². The van der Waals surface area contributed by atoms with Crippen LogP contribution in [0.15, 0.2) is 0 Å². The molecule has 0 bridgehead atoms. The molecular weight excluding hydrogens is 168 g/mol. The van der Waals surface area contributed by atoms with Crippen LogP contribution < -0.4 is 0 Å². The Kier molecular flexibility index (Phi) is 2.24. The molecule has 1 N–H and O–H groups in total. The maximum absolute atomic E-state index is 4.01. The molecule has 0 saturated carbocycles. The number of likely N-dealkylation sites (N-methyl/N-ethyl adjacent to an activating group) is 2. The fourth-order valence-corrected chi connectivity index (χ4v) is 1.60. The minimum absolute atomic E-state index is 0.275. The van der Waals surface area contributed by atoms with Crippen molar-refractivity contribution in [2.75, 3.05) is 33.7 Å². The van der Waals surface area contributed by atoms with Crippen LogP contribution in [0.3, 0.4) is 0 Å². The number of piperazine rings is 1. The van der Waals surface area contributed by atoms with Gasteiger partial charge >= 0.3 is 0 Å². The maximum Gasteiger partial charge on any atom is 0.192 e. The summed E-state index contributed by atoms with van der Waals surface area (Å²) in [6.07, 6.45) is 0. The largest absolute Gasteiger partial charge is 0.303 e. The zero-order valence-corrected chi connectivity index (χ0v) is 7.93. The van der Waals surface area contributed by atoms with Gasteiger partial charge in [0.2, 0.25) is 0 Å². The van der Waals surface area contributed by atoms with E-state index in [9.17, 15) is 0 Å². The first-order chi connectivity index (χ1) is 6.27. The molecule has 1 aliphatic rings. The van der Waals surface area contributed by atoms with Crippen molar-refractivity contribution in [2.45, 2.75) is 6.04 Å². The molecule has 6 nitrogen and oxygen atoms in total. The van der Waals surface area contributed by atoms with Crippen molar-refractivity contribution in [1.29, 1.82) is 0 Å². The lowest BCUT2D eigenvalue weighted by Gasteiger charge is -2.35. The normalized spacial score (nSPS) is 26.5. The highest BCUT2D eigenvalue weighted by Crippen LogP contribution is 2.18. The topological polar surface area (TPSA) is 60.9 Å². The fraction of sp³-hybridized carbons (Fsp3) is 0.857. The van der Waals surface area contributed by atoms with Gasteiger partial charge in [-0.1, -0.05) is 5.21 Å². The molecule has 1 aromatic heterocycles. The number of aromatic nitrogens is 4. The molecule has 1 aliphatic heterocycles. The van der Waals surface area contributed by atoms with Crippen LogP contribution in [0.4, 0.5) is 0 Å². The SMILES string of the molecule is CN1CCN(C)C(c2nn[nH]n2)C1. The maximum atomic E-state index is 4.01. The fourth-order valence-electron chi connectivity index (χ4n) is 1.60. The van der Waals surface area contributed by atoms with Crippen LogP contribution in [0, 0.1) is 0 Å². The molecule has 72 valence electrons. The molecule has 1 atom stereocenters. The van der Waals surface area contributed by atoms with Gasteiger partial charge in [-0.15, -0.1) is 10.2 Å². The van der Waals surface area contributed by atoms with E-state index in [4.69, 9.17) is 0 Å². The number of nitrogens with one attached hydrogen (secondary N) is 1. The molecule has 13 heavy (non-hydrogen) atoms. The Morgan fingerprint density at radius 2 is 2.23 bits per heavy atom. The summed E-state index contributed by atoms with van der Waals surface area (Å²) in [5, 5.41) is 14.1. The first kappa shape index (κ1) is 8.58. The Balaban J connectivity index is 2.12. The van der Waals surface area contributed by atoms with Crippen molar-refractivity contribution in [3.05, 3.63) is 5.82 Å². The minimum Gasteiger partial charge on any atom is -0.303 e. The summed E-state index contributed by atoms with van der Waals surface area (Å²) in [7, 11) is 4.20. The van der Waals surface area contributed by atoms with Crippen LogP contribution in [0.5, 0.6) is 0 Å². The molecule has 2 heterocycles. The number of rotatable bonds is 1. The molecule has 0 aliphatic carbocycles. The Morgan fingerprint density at radius 3 is 2.92 bits per heavy atom. The third-order valence-electron chi connectivity index (χ3n) is 2.51. The van der Waals surface area contributed by atoms with Gasteiger partial charge in [-0.2, -0.15) is 5.21 Å². The summed E-state index contributed by atoms with van der Waals surface area (Å²) in [4.78, 5) is 4.53. The van der Waals surface area contributed by atoms with E-state index in [2.05, 4.69) is 44.5 Å². The molecule has 0 radical (unpaired) electrons. The van der Waals surface area contributed by atoms with Gasteiger partial charge in [-0.3, -0.25) is 4.90 Å². The van der Waals surface area contributed by atoms with E-state index in [1.165, 1.54) is 0 Å². The van der Waals surface area contributed by atoms with Crippen LogP contribution >= 0.6 is 0 Å². The first-order valence-corrected chi connectivity index (χ1v) is 4.39. The second kappa shape index (κ2) is 3.39. The van der Waals surface area contributed by atoms with E-state index in [0.29, 0.717) is 0 Å². The lowest BCUT2D eigenvalue weighted by molar-refractivity contribution is 0.109. The van der Waals surface area contributed by atoms with E-state index in [-0.39, 0.29) is 6.04 Å². The van der Waals surface area contributed by atoms with E-state index in [1.807, 2.05) is 0 Å². The number of hydrogen-bond donors (Lipinski definition) is 1. The van der Waals surface area contributed by atoms with E-state index in [1.54, 1.807) is 0 Å². The average molecular weight is 182 g/mol. The Hall–Kier alpha value is -1.01. The molecule has 0 aromatic carbocycles. The lowest BCUT2D eigenvalue weighted by Crippen LogP contribution is -2.45. The third-order valence-corrected chi connectivity index (χ3v) is 2.51. The van der Waals surface area contributed by atoms with Crippen LogP contribution in [0.2, 0.25) is 0 Å². The molecule has 1 aromatic rings. The van der Waals surface area contributed by atoms with Gasteiger partial charge in [0.25, 0.3) is 0 Å². The third kappa shape index (κ3) is 1.68. The monoisotopic (exact) mass is 182 g/mol. The number of H-pyrrole nitrogens is 1. The van der Waals surface area contributed by atoms with Crippen molar-refractivity contribution in [2.24, 2.45) is 0 Å². The molecule has 0 amide bonds. The number of tetrazole rings is 1.